The molecule has 1 aromatic heterocycles. The summed E-state index contributed by atoms with van der Waals surface area (Å²) in [5.41, 5.74) is 0.880. The first-order valence-corrected chi connectivity index (χ1v) is 8.11. The van der Waals surface area contributed by atoms with E-state index in [9.17, 15) is 9.90 Å². The molecule has 1 amide bonds. The molecule has 19 heavy (non-hydrogen) atoms. The van der Waals surface area contributed by atoms with Gasteiger partial charge in [0.2, 0.25) is 5.91 Å². The molecular formula is C15H21NO2S. The third kappa shape index (κ3) is 2.43. The summed E-state index contributed by atoms with van der Waals surface area (Å²) in [4.78, 5) is 13.9. The van der Waals surface area contributed by atoms with Gasteiger partial charge in [0.25, 0.3) is 0 Å². The minimum atomic E-state index is -0.343. The zero-order chi connectivity index (χ0) is 13.3. The van der Waals surface area contributed by atoms with Gasteiger partial charge in [-0.15, -0.1) is 11.3 Å². The molecule has 3 rings (SSSR count). The van der Waals surface area contributed by atoms with Crippen molar-refractivity contribution in [2.75, 3.05) is 6.61 Å². The van der Waals surface area contributed by atoms with Crippen LogP contribution in [-0.4, -0.2) is 23.2 Å². The van der Waals surface area contributed by atoms with Gasteiger partial charge in [0.15, 0.2) is 0 Å². The maximum Gasteiger partial charge on any atom is 0.228 e. The van der Waals surface area contributed by atoms with E-state index in [1.165, 1.54) is 10.4 Å². The zero-order valence-electron chi connectivity index (χ0n) is 11.2. The number of hydrogen-bond donors (Lipinski definition) is 2. The van der Waals surface area contributed by atoms with E-state index in [-0.39, 0.29) is 24.0 Å². The number of hydrogen-bond acceptors (Lipinski definition) is 3. The minimum Gasteiger partial charge on any atom is -0.394 e. The zero-order valence-corrected chi connectivity index (χ0v) is 12.0. The highest BCUT2D eigenvalue weighted by atomic mass is 32.1. The van der Waals surface area contributed by atoms with Crippen LogP contribution in [-0.2, 0) is 11.2 Å². The Morgan fingerprint density at radius 2 is 2.21 bits per heavy atom. The molecule has 2 N–H and O–H groups in total. The van der Waals surface area contributed by atoms with E-state index in [0.717, 1.165) is 44.9 Å². The number of fused-ring (bicyclic) bond motifs is 1. The number of aliphatic hydroxyl groups is 1. The second-order valence-electron chi connectivity index (χ2n) is 5.88. The van der Waals surface area contributed by atoms with Gasteiger partial charge in [-0.25, -0.2) is 0 Å². The van der Waals surface area contributed by atoms with Crippen LogP contribution >= 0.6 is 11.3 Å². The van der Waals surface area contributed by atoms with Gasteiger partial charge in [-0.2, -0.15) is 0 Å². The van der Waals surface area contributed by atoms with Crippen molar-refractivity contribution >= 4 is 17.2 Å². The van der Waals surface area contributed by atoms with E-state index in [0.29, 0.717) is 0 Å². The van der Waals surface area contributed by atoms with Crippen molar-refractivity contribution in [3.63, 3.8) is 0 Å². The summed E-state index contributed by atoms with van der Waals surface area (Å²) in [6.07, 6.45) is 7.19. The number of aryl methyl sites for hydroxylation is 1. The number of aliphatic hydroxyl groups excluding tert-OH is 1. The van der Waals surface area contributed by atoms with Crippen molar-refractivity contribution in [3.05, 3.63) is 21.9 Å². The molecule has 0 radical (unpaired) electrons. The summed E-state index contributed by atoms with van der Waals surface area (Å²) in [7, 11) is 0. The first-order valence-electron chi connectivity index (χ1n) is 7.23. The lowest BCUT2D eigenvalue weighted by Crippen LogP contribution is -2.51. The third-order valence-corrected chi connectivity index (χ3v) is 5.62. The van der Waals surface area contributed by atoms with Gasteiger partial charge in [-0.3, -0.25) is 4.79 Å². The van der Waals surface area contributed by atoms with Crippen LogP contribution < -0.4 is 5.32 Å². The Hall–Kier alpha value is -0.870. The van der Waals surface area contributed by atoms with Crippen LogP contribution in [0.15, 0.2) is 11.4 Å². The summed E-state index contributed by atoms with van der Waals surface area (Å²) in [5, 5.41) is 14.9. The maximum absolute atomic E-state index is 12.6. The minimum absolute atomic E-state index is 0.000903. The lowest BCUT2D eigenvalue weighted by Gasteiger charge is -2.31. The lowest BCUT2D eigenvalue weighted by atomic mass is 9.86. The molecule has 0 aromatic carbocycles. The van der Waals surface area contributed by atoms with Crippen molar-refractivity contribution in [1.29, 1.82) is 0 Å². The van der Waals surface area contributed by atoms with E-state index in [1.807, 2.05) is 0 Å². The van der Waals surface area contributed by atoms with E-state index < -0.39 is 0 Å². The lowest BCUT2D eigenvalue weighted by molar-refractivity contribution is -0.125. The second kappa shape index (κ2) is 5.25. The Balaban J connectivity index is 1.75. The number of carbonyl (C=O) groups excluding carboxylic acids is 1. The summed E-state index contributed by atoms with van der Waals surface area (Å²) < 4.78 is 0. The summed E-state index contributed by atoms with van der Waals surface area (Å²) in [5.74, 6) is 0.120. The Morgan fingerprint density at radius 3 is 2.95 bits per heavy atom. The van der Waals surface area contributed by atoms with E-state index in [2.05, 4.69) is 16.8 Å². The summed E-state index contributed by atoms with van der Waals surface area (Å²) >= 11 is 1.76. The van der Waals surface area contributed by atoms with Crippen LogP contribution in [0.2, 0.25) is 0 Å². The Morgan fingerprint density at radius 1 is 1.42 bits per heavy atom. The molecule has 3 nitrogen and oxygen atoms in total. The van der Waals surface area contributed by atoms with Gasteiger partial charge < -0.3 is 10.4 Å². The van der Waals surface area contributed by atoms with Crippen LogP contribution in [0.3, 0.4) is 0 Å². The molecule has 0 aliphatic heterocycles. The van der Waals surface area contributed by atoms with Crippen molar-refractivity contribution in [3.8, 4) is 0 Å². The van der Waals surface area contributed by atoms with Gasteiger partial charge in [-0.05, 0) is 49.1 Å². The molecule has 0 spiro atoms. The van der Waals surface area contributed by atoms with Gasteiger partial charge in [-0.1, -0.05) is 12.8 Å². The van der Waals surface area contributed by atoms with Crippen LogP contribution in [0.5, 0.6) is 0 Å². The van der Waals surface area contributed by atoms with Crippen LogP contribution in [0.1, 0.15) is 54.9 Å². The molecule has 0 saturated heterocycles. The predicted molar refractivity (Wildman–Crippen MR) is 76.4 cm³/mol. The monoisotopic (exact) mass is 279 g/mol. The predicted octanol–water partition coefficient (Wildman–Crippen LogP) is 2.59. The highest BCUT2D eigenvalue weighted by molar-refractivity contribution is 7.10. The molecule has 1 atom stereocenters. The third-order valence-electron chi connectivity index (χ3n) is 4.62. The normalized spacial score (nSPS) is 25.0. The largest absolute Gasteiger partial charge is 0.394 e. The second-order valence-corrected chi connectivity index (χ2v) is 6.88. The molecule has 2 aliphatic carbocycles. The summed E-state index contributed by atoms with van der Waals surface area (Å²) in [6, 6.07) is 2.10. The molecule has 4 heteroatoms. The van der Waals surface area contributed by atoms with E-state index >= 15 is 0 Å². The van der Waals surface area contributed by atoms with Gasteiger partial charge in [0.05, 0.1) is 18.1 Å². The molecule has 1 unspecified atom stereocenters. The molecule has 1 aromatic rings. The molecule has 1 fully saturated rings. The van der Waals surface area contributed by atoms with E-state index in [1.54, 1.807) is 11.3 Å². The number of amides is 1. The topological polar surface area (TPSA) is 49.3 Å². The van der Waals surface area contributed by atoms with Crippen LogP contribution in [0.4, 0.5) is 0 Å². The SMILES string of the molecule is O=C(NC1(CO)CCCC1)C1CCCc2sccc21. The smallest absolute Gasteiger partial charge is 0.228 e. The molecule has 1 heterocycles. The Labute approximate surface area is 118 Å². The average molecular weight is 279 g/mol. The van der Waals surface area contributed by atoms with Crippen molar-refractivity contribution in [2.24, 2.45) is 0 Å². The molecule has 0 bridgehead atoms. The van der Waals surface area contributed by atoms with Gasteiger partial charge in [0.1, 0.15) is 0 Å². The molecule has 2 aliphatic rings. The number of carbonyl (C=O) groups is 1. The standard InChI is InChI=1S/C15H21NO2S/c17-10-15(7-1-2-8-15)16-14(18)12-4-3-5-13-11(12)6-9-19-13/h6,9,12,17H,1-5,7-8,10H2,(H,16,18). The fourth-order valence-corrected chi connectivity index (χ4v) is 4.47. The fraction of sp³-hybridized carbons (Fsp3) is 0.667. The van der Waals surface area contributed by atoms with Crippen molar-refractivity contribution in [1.82, 2.24) is 5.32 Å². The quantitative estimate of drug-likeness (QED) is 0.893. The van der Waals surface area contributed by atoms with Crippen LogP contribution in [0.25, 0.3) is 0 Å². The fourth-order valence-electron chi connectivity index (χ4n) is 3.48. The van der Waals surface area contributed by atoms with Crippen molar-refractivity contribution in [2.45, 2.75) is 56.4 Å². The molecule has 104 valence electrons. The first-order chi connectivity index (χ1) is 9.24. The number of rotatable bonds is 3. The molecular weight excluding hydrogens is 258 g/mol. The molecule has 1 saturated carbocycles. The average Bonchev–Trinajstić information content (AvgIpc) is 3.06. The van der Waals surface area contributed by atoms with Crippen LogP contribution in [0, 0.1) is 0 Å². The van der Waals surface area contributed by atoms with Gasteiger partial charge >= 0.3 is 0 Å². The highest BCUT2D eigenvalue weighted by Gasteiger charge is 2.37. The number of thiophene rings is 1. The van der Waals surface area contributed by atoms with Crippen molar-refractivity contribution < 1.29 is 9.90 Å². The number of nitrogens with one attached hydrogen (secondary N) is 1. The summed E-state index contributed by atoms with van der Waals surface area (Å²) in [6.45, 7) is 0.0714. The first kappa shape index (κ1) is 13.1. The Kier molecular flexibility index (Phi) is 3.63. The van der Waals surface area contributed by atoms with Gasteiger partial charge in [0, 0.05) is 4.88 Å². The highest BCUT2D eigenvalue weighted by Crippen LogP contribution is 2.36. The maximum atomic E-state index is 12.6. The van der Waals surface area contributed by atoms with E-state index in [4.69, 9.17) is 0 Å². The Bertz CT molecular complexity index is 462.